The predicted molar refractivity (Wildman–Crippen MR) is 118 cm³/mol. The van der Waals surface area contributed by atoms with Gasteiger partial charge in [-0.3, -0.25) is 0 Å². The van der Waals surface area contributed by atoms with Crippen molar-refractivity contribution in [2.75, 3.05) is 48.8 Å². The molecule has 1 aliphatic carbocycles. The average molecular weight is 429 g/mol. The maximum Gasteiger partial charge on any atom is 0.409 e. The van der Waals surface area contributed by atoms with Gasteiger partial charge in [-0.1, -0.05) is 19.3 Å². The third-order valence-corrected chi connectivity index (χ3v) is 5.89. The lowest BCUT2D eigenvalue weighted by atomic mass is 9.95. The molecular weight excluding hydrogens is 399 g/mol. The van der Waals surface area contributed by atoms with Crippen LogP contribution in [0.4, 0.5) is 32.3 Å². The highest BCUT2D eigenvalue weighted by atomic mass is 19.1. The molecule has 1 aromatic heterocycles. The second-order valence-corrected chi connectivity index (χ2v) is 7.99. The van der Waals surface area contributed by atoms with Gasteiger partial charge in [-0.2, -0.15) is 4.98 Å². The Morgan fingerprint density at radius 3 is 2.48 bits per heavy atom. The number of aromatic nitrogens is 2. The van der Waals surface area contributed by atoms with Crippen LogP contribution in [0.5, 0.6) is 0 Å². The molecule has 4 rings (SSSR count). The van der Waals surface area contributed by atoms with Crippen LogP contribution in [-0.2, 0) is 4.74 Å². The van der Waals surface area contributed by atoms with Crippen LogP contribution in [0, 0.1) is 5.82 Å². The van der Waals surface area contributed by atoms with Crippen LogP contribution in [0.2, 0.25) is 0 Å². The highest BCUT2D eigenvalue weighted by Gasteiger charge is 2.21. The van der Waals surface area contributed by atoms with Crippen molar-refractivity contribution in [2.24, 2.45) is 0 Å². The molecule has 0 atom stereocenters. The molecule has 2 N–H and O–H groups in total. The van der Waals surface area contributed by atoms with E-state index in [4.69, 9.17) is 4.74 Å². The van der Waals surface area contributed by atoms with Crippen LogP contribution in [0.25, 0.3) is 0 Å². The van der Waals surface area contributed by atoms with E-state index in [9.17, 15) is 9.18 Å². The highest BCUT2D eigenvalue weighted by molar-refractivity contribution is 5.68. The number of nitrogens with one attached hydrogen (secondary N) is 2. The molecule has 2 aliphatic rings. The number of anilines is 4. The number of amides is 1. The Morgan fingerprint density at radius 2 is 1.81 bits per heavy atom. The Hall–Kier alpha value is -3.10. The normalized spacial score (nSPS) is 17.4. The molecule has 2 fully saturated rings. The van der Waals surface area contributed by atoms with Crippen molar-refractivity contribution < 1.29 is 13.9 Å². The molecular formula is C22H29FN6O2. The number of benzene rings is 1. The summed E-state index contributed by atoms with van der Waals surface area (Å²) in [5, 5.41) is 6.39. The summed E-state index contributed by atoms with van der Waals surface area (Å²) in [6.45, 7) is 2.76. The average Bonchev–Trinajstić information content (AvgIpc) is 2.82. The molecule has 0 bridgehead atoms. The van der Waals surface area contributed by atoms with E-state index in [1.54, 1.807) is 4.90 Å². The van der Waals surface area contributed by atoms with Crippen molar-refractivity contribution in [3.05, 3.63) is 36.3 Å². The van der Waals surface area contributed by atoms with Gasteiger partial charge in [-0.15, -0.1) is 0 Å². The second kappa shape index (κ2) is 9.80. The van der Waals surface area contributed by atoms with Crippen molar-refractivity contribution in [1.29, 1.82) is 0 Å². The molecule has 9 heteroatoms. The number of ether oxygens (including phenoxy) is 1. The standard InChI is InChI=1S/C22H29FN6O2/c1-31-22(30)29-13-11-28(12-14-29)18-9-7-17(8-10-18)26-21-24-15-19(23)20(27-21)25-16-5-3-2-4-6-16/h7-10,15-16H,2-6,11-14H2,1H3,(H2,24,25,26,27). The smallest absolute Gasteiger partial charge is 0.409 e. The zero-order valence-electron chi connectivity index (χ0n) is 17.8. The highest BCUT2D eigenvalue weighted by Crippen LogP contribution is 2.24. The Labute approximate surface area is 181 Å². The van der Waals surface area contributed by atoms with Gasteiger partial charge < -0.3 is 25.2 Å². The summed E-state index contributed by atoms with van der Waals surface area (Å²) in [7, 11) is 1.40. The van der Waals surface area contributed by atoms with Crippen LogP contribution in [0.15, 0.2) is 30.5 Å². The Balaban J connectivity index is 1.36. The van der Waals surface area contributed by atoms with Gasteiger partial charge in [0.1, 0.15) is 0 Å². The molecule has 0 unspecified atom stereocenters. The lowest BCUT2D eigenvalue weighted by Gasteiger charge is -2.35. The first-order chi connectivity index (χ1) is 15.1. The van der Waals surface area contributed by atoms with E-state index in [1.165, 1.54) is 32.6 Å². The largest absolute Gasteiger partial charge is 0.453 e. The third-order valence-electron chi connectivity index (χ3n) is 5.89. The fraction of sp³-hybridized carbons (Fsp3) is 0.500. The number of rotatable bonds is 5. The first-order valence-electron chi connectivity index (χ1n) is 10.9. The van der Waals surface area contributed by atoms with Crippen LogP contribution < -0.4 is 15.5 Å². The van der Waals surface area contributed by atoms with Gasteiger partial charge in [0.05, 0.1) is 13.3 Å². The van der Waals surface area contributed by atoms with Gasteiger partial charge in [0, 0.05) is 43.6 Å². The van der Waals surface area contributed by atoms with E-state index >= 15 is 0 Å². The maximum absolute atomic E-state index is 14.2. The van der Waals surface area contributed by atoms with E-state index in [0.29, 0.717) is 19.0 Å². The topological polar surface area (TPSA) is 82.6 Å². The van der Waals surface area contributed by atoms with E-state index < -0.39 is 5.82 Å². The lowest BCUT2D eigenvalue weighted by Crippen LogP contribution is -2.48. The van der Waals surface area contributed by atoms with Crippen molar-refractivity contribution in [1.82, 2.24) is 14.9 Å². The lowest BCUT2D eigenvalue weighted by molar-refractivity contribution is 0.121. The molecule has 1 saturated heterocycles. The first-order valence-corrected chi connectivity index (χ1v) is 10.9. The van der Waals surface area contributed by atoms with Gasteiger partial charge in [-0.05, 0) is 37.1 Å². The second-order valence-electron chi connectivity index (χ2n) is 7.99. The predicted octanol–water partition coefficient (Wildman–Crippen LogP) is 3.99. The summed E-state index contributed by atoms with van der Waals surface area (Å²) in [5.74, 6) is 0.182. The van der Waals surface area contributed by atoms with Gasteiger partial charge in [0.25, 0.3) is 0 Å². The van der Waals surface area contributed by atoms with Gasteiger partial charge in [0.2, 0.25) is 5.95 Å². The SMILES string of the molecule is COC(=O)N1CCN(c2ccc(Nc3ncc(F)c(NC4CCCCC4)n3)cc2)CC1. The van der Waals surface area contributed by atoms with Gasteiger partial charge in [0.15, 0.2) is 11.6 Å². The van der Waals surface area contributed by atoms with Crippen molar-refractivity contribution in [3.63, 3.8) is 0 Å². The molecule has 1 saturated carbocycles. The van der Waals surface area contributed by atoms with E-state index in [2.05, 4.69) is 25.5 Å². The summed E-state index contributed by atoms with van der Waals surface area (Å²) < 4.78 is 19.0. The fourth-order valence-corrected chi connectivity index (χ4v) is 4.13. The zero-order valence-corrected chi connectivity index (χ0v) is 17.8. The Bertz CT molecular complexity index is 880. The first kappa shape index (κ1) is 21.1. The van der Waals surface area contributed by atoms with Crippen molar-refractivity contribution in [3.8, 4) is 0 Å². The van der Waals surface area contributed by atoms with Crippen molar-refractivity contribution in [2.45, 2.75) is 38.1 Å². The minimum Gasteiger partial charge on any atom is -0.453 e. The summed E-state index contributed by atoms with van der Waals surface area (Å²) in [4.78, 5) is 24.0. The quantitative estimate of drug-likeness (QED) is 0.745. The number of hydrogen-bond acceptors (Lipinski definition) is 7. The number of carbonyl (C=O) groups excluding carboxylic acids is 1. The van der Waals surface area contributed by atoms with Gasteiger partial charge >= 0.3 is 6.09 Å². The summed E-state index contributed by atoms with van der Waals surface area (Å²) >= 11 is 0. The van der Waals surface area contributed by atoms with E-state index in [1.807, 2.05) is 24.3 Å². The van der Waals surface area contributed by atoms with Crippen LogP contribution in [0.3, 0.4) is 0 Å². The number of nitrogens with zero attached hydrogens (tertiary/aromatic N) is 4. The molecule has 0 radical (unpaired) electrons. The molecule has 0 spiro atoms. The van der Waals surface area contributed by atoms with Crippen molar-refractivity contribution >= 4 is 29.2 Å². The molecule has 2 heterocycles. The number of halogens is 1. The van der Waals surface area contributed by atoms with Crippen LogP contribution in [0.1, 0.15) is 32.1 Å². The van der Waals surface area contributed by atoms with Crippen LogP contribution >= 0.6 is 0 Å². The van der Waals surface area contributed by atoms with E-state index in [-0.39, 0.29) is 18.0 Å². The summed E-state index contributed by atoms with van der Waals surface area (Å²) in [6.07, 6.45) is 6.59. The molecule has 1 aromatic carbocycles. The third kappa shape index (κ3) is 5.34. The van der Waals surface area contributed by atoms with Gasteiger partial charge in [-0.25, -0.2) is 14.2 Å². The monoisotopic (exact) mass is 428 g/mol. The molecule has 8 nitrogen and oxygen atoms in total. The fourth-order valence-electron chi connectivity index (χ4n) is 4.13. The zero-order chi connectivity index (χ0) is 21.6. The number of piperazine rings is 1. The Morgan fingerprint density at radius 1 is 1.10 bits per heavy atom. The number of methoxy groups -OCH3 is 1. The molecule has 31 heavy (non-hydrogen) atoms. The van der Waals surface area contributed by atoms with E-state index in [0.717, 1.165) is 37.3 Å². The molecule has 2 aromatic rings. The van der Waals surface area contributed by atoms with Crippen LogP contribution in [-0.4, -0.2) is 60.3 Å². The molecule has 1 amide bonds. The summed E-state index contributed by atoms with van der Waals surface area (Å²) in [6, 6.07) is 8.19. The summed E-state index contributed by atoms with van der Waals surface area (Å²) in [5.41, 5.74) is 1.90. The minimum atomic E-state index is -0.433. The Kier molecular flexibility index (Phi) is 6.69. The number of hydrogen-bond donors (Lipinski definition) is 2. The minimum absolute atomic E-state index is 0.254. The molecule has 166 valence electrons. The number of carbonyl (C=O) groups is 1. The molecule has 1 aliphatic heterocycles. The maximum atomic E-state index is 14.2.